The normalized spacial score (nSPS) is 14.4. The molecule has 38 heavy (non-hydrogen) atoms. The molecule has 1 aliphatic rings. The smallest absolute Gasteiger partial charge is 0.258 e. The van der Waals surface area contributed by atoms with Gasteiger partial charge in [0.25, 0.3) is 5.91 Å². The quantitative estimate of drug-likeness (QED) is 0.349. The number of amides is 1. The summed E-state index contributed by atoms with van der Waals surface area (Å²) in [6.07, 6.45) is 1.48. The number of benzene rings is 3. The largest absolute Gasteiger partial charge is 0.495 e. The van der Waals surface area contributed by atoms with Crippen LogP contribution in [0, 0.1) is 11.7 Å². The van der Waals surface area contributed by atoms with Crippen LogP contribution in [0.25, 0.3) is 0 Å². The van der Waals surface area contributed by atoms with E-state index in [1.165, 1.54) is 12.1 Å². The summed E-state index contributed by atoms with van der Waals surface area (Å²) in [5.41, 5.74) is 3.07. The van der Waals surface area contributed by atoms with Gasteiger partial charge in [0.15, 0.2) is 5.78 Å². The van der Waals surface area contributed by atoms with Crippen LogP contribution in [-0.2, 0) is 6.54 Å². The van der Waals surface area contributed by atoms with Crippen LogP contribution < -0.4 is 9.64 Å². The maximum absolute atomic E-state index is 13.7. The second-order valence-electron chi connectivity index (χ2n) is 10.1. The lowest BCUT2D eigenvalue weighted by Crippen LogP contribution is -2.43. The molecule has 0 saturated carbocycles. The Labute approximate surface area is 224 Å². The highest BCUT2D eigenvalue weighted by Crippen LogP contribution is 2.29. The Morgan fingerprint density at radius 2 is 1.55 bits per heavy atom. The molecule has 200 valence electrons. The fourth-order valence-electron chi connectivity index (χ4n) is 4.97. The third kappa shape index (κ3) is 6.85. The number of methoxy groups -OCH3 is 1. The van der Waals surface area contributed by atoms with E-state index in [2.05, 4.69) is 9.80 Å². The number of para-hydroxylation sites is 2. The lowest BCUT2D eigenvalue weighted by molar-refractivity contribution is 0.0841. The van der Waals surface area contributed by atoms with Gasteiger partial charge in [-0.1, -0.05) is 24.3 Å². The van der Waals surface area contributed by atoms with E-state index < -0.39 is 0 Å². The van der Waals surface area contributed by atoms with Gasteiger partial charge in [0.1, 0.15) is 11.6 Å². The molecule has 3 aromatic carbocycles. The van der Waals surface area contributed by atoms with Gasteiger partial charge in [0.2, 0.25) is 0 Å². The topological polar surface area (TPSA) is 53.1 Å². The van der Waals surface area contributed by atoms with Crippen molar-refractivity contribution in [1.82, 2.24) is 9.80 Å². The fourth-order valence-corrected chi connectivity index (χ4v) is 4.97. The summed E-state index contributed by atoms with van der Waals surface area (Å²) in [5.74, 6) is 0.244. The molecule has 1 aliphatic heterocycles. The number of halogens is 1. The fraction of sp³-hybridized carbons (Fsp3) is 0.355. The number of hydrogen-bond donors (Lipinski definition) is 0. The Morgan fingerprint density at radius 3 is 2.18 bits per heavy atom. The van der Waals surface area contributed by atoms with Crippen molar-refractivity contribution in [1.29, 1.82) is 0 Å². The zero-order chi connectivity index (χ0) is 27.1. The Balaban J connectivity index is 1.43. The number of ether oxygens (including phenoxy) is 1. The van der Waals surface area contributed by atoms with E-state index in [9.17, 15) is 14.0 Å². The molecule has 1 heterocycles. The predicted molar refractivity (Wildman–Crippen MR) is 148 cm³/mol. The first-order chi connectivity index (χ1) is 18.4. The van der Waals surface area contributed by atoms with Crippen LogP contribution in [0.1, 0.15) is 39.1 Å². The van der Waals surface area contributed by atoms with Crippen molar-refractivity contribution >= 4 is 17.4 Å². The number of ketones is 1. The first-order valence-electron chi connectivity index (χ1n) is 13.1. The van der Waals surface area contributed by atoms with Crippen LogP contribution in [-0.4, -0.2) is 68.9 Å². The van der Waals surface area contributed by atoms with Crippen molar-refractivity contribution in [3.8, 4) is 5.75 Å². The molecule has 0 spiro atoms. The average molecular weight is 518 g/mol. The highest BCUT2D eigenvalue weighted by molar-refractivity contribution is 6.07. The Morgan fingerprint density at radius 1 is 0.921 bits per heavy atom. The van der Waals surface area contributed by atoms with Gasteiger partial charge in [-0.25, -0.2) is 4.39 Å². The number of Topliss-reactive ketones (excluding diaryl/α,β-unsaturated/α-hetero) is 1. The molecule has 1 amide bonds. The molecule has 0 unspecified atom stereocenters. The molecular formula is C31H36FN3O3. The van der Waals surface area contributed by atoms with Gasteiger partial charge in [-0.05, 0) is 94.1 Å². The third-order valence-electron chi connectivity index (χ3n) is 7.05. The molecule has 0 aliphatic carbocycles. The monoisotopic (exact) mass is 517 g/mol. The molecule has 0 atom stereocenters. The van der Waals surface area contributed by atoms with E-state index in [0.29, 0.717) is 30.0 Å². The highest BCUT2D eigenvalue weighted by atomic mass is 19.1. The minimum Gasteiger partial charge on any atom is -0.495 e. The van der Waals surface area contributed by atoms with Crippen LogP contribution in [0.4, 0.5) is 10.1 Å². The number of nitrogens with zero attached hydrogens (tertiary/aromatic N) is 3. The molecule has 1 fully saturated rings. The second-order valence-corrected chi connectivity index (χ2v) is 10.1. The summed E-state index contributed by atoms with van der Waals surface area (Å²) in [6, 6.07) is 21.1. The highest BCUT2D eigenvalue weighted by Gasteiger charge is 2.27. The van der Waals surface area contributed by atoms with Crippen molar-refractivity contribution in [2.75, 3.05) is 52.3 Å². The van der Waals surface area contributed by atoms with Gasteiger partial charge in [-0.3, -0.25) is 9.59 Å². The molecule has 4 rings (SSSR count). The van der Waals surface area contributed by atoms with Crippen LogP contribution in [0.5, 0.6) is 5.75 Å². The number of rotatable bonds is 10. The SMILES string of the molecule is COc1ccccc1N(CCN1CCC(C(=O)c2ccc(F)cc2)CC1)C(=O)c1ccc(CN(C)C)cc1. The maximum Gasteiger partial charge on any atom is 0.258 e. The lowest BCUT2D eigenvalue weighted by atomic mass is 9.89. The number of carbonyl (C=O) groups excluding carboxylic acids is 2. The predicted octanol–water partition coefficient (Wildman–Crippen LogP) is 5.14. The molecule has 0 radical (unpaired) electrons. The summed E-state index contributed by atoms with van der Waals surface area (Å²) in [7, 11) is 5.65. The molecule has 0 bridgehead atoms. The van der Waals surface area contributed by atoms with Gasteiger partial charge in [0.05, 0.1) is 12.8 Å². The average Bonchev–Trinajstić information content (AvgIpc) is 2.94. The minimum absolute atomic E-state index is 0.0654. The van der Waals surface area contributed by atoms with Crippen LogP contribution in [0.15, 0.2) is 72.8 Å². The standard InChI is InChI=1S/C31H36FN3O3/c1-33(2)22-23-8-10-26(11-9-23)31(37)35(28-6-4-5-7-29(28)38-3)21-20-34-18-16-25(17-19-34)30(36)24-12-14-27(32)15-13-24/h4-15,25H,16-22H2,1-3H3. The van der Waals surface area contributed by atoms with Crippen LogP contribution in [0.3, 0.4) is 0 Å². The van der Waals surface area contributed by atoms with Gasteiger partial charge in [0, 0.05) is 36.7 Å². The first kappa shape index (κ1) is 27.5. The molecule has 7 heteroatoms. The van der Waals surface area contributed by atoms with Crippen LogP contribution in [0.2, 0.25) is 0 Å². The molecule has 1 saturated heterocycles. The summed E-state index contributed by atoms with van der Waals surface area (Å²) in [4.78, 5) is 32.7. The van der Waals surface area contributed by atoms with E-state index in [1.54, 1.807) is 24.1 Å². The van der Waals surface area contributed by atoms with Crippen LogP contribution >= 0.6 is 0 Å². The summed E-state index contributed by atoms with van der Waals surface area (Å²) >= 11 is 0. The third-order valence-corrected chi connectivity index (χ3v) is 7.05. The number of piperidine rings is 1. The summed E-state index contributed by atoms with van der Waals surface area (Å²) in [6.45, 7) is 3.52. The van der Waals surface area contributed by atoms with E-state index in [1.807, 2.05) is 62.6 Å². The second kappa shape index (κ2) is 12.8. The van der Waals surface area contributed by atoms with Gasteiger partial charge >= 0.3 is 0 Å². The molecule has 6 nitrogen and oxygen atoms in total. The molecule has 3 aromatic rings. The van der Waals surface area contributed by atoms with Crippen molar-refractivity contribution in [2.24, 2.45) is 5.92 Å². The van der Waals surface area contributed by atoms with Gasteiger partial charge < -0.3 is 19.4 Å². The van der Waals surface area contributed by atoms with Gasteiger partial charge in [-0.2, -0.15) is 0 Å². The lowest BCUT2D eigenvalue weighted by Gasteiger charge is -2.33. The van der Waals surface area contributed by atoms with E-state index in [-0.39, 0.29) is 23.4 Å². The summed E-state index contributed by atoms with van der Waals surface area (Å²) in [5, 5.41) is 0. The Bertz CT molecular complexity index is 1220. The van der Waals surface area contributed by atoms with Crippen molar-refractivity contribution < 1.29 is 18.7 Å². The molecule has 0 aromatic heterocycles. The van der Waals surface area contributed by atoms with E-state index >= 15 is 0 Å². The van der Waals surface area contributed by atoms with Gasteiger partial charge in [-0.15, -0.1) is 0 Å². The first-order valence-corrected chi connectivity index (χ1v) is 13.1. The maximum atomic E-state index is 13.7. The Hall–Kier alpha value is -3.55. The minimum atomic E-state index is -0.338. The number of anilines is 1. The number of carbonyl (C=O) groups is 2. The van der Waals surface area contributed by atoms with Crippen molar-refractivity contribution in [3.05, 3.63) is 95.3 Å². The van der Waals surface area contributed by atoms with Crippen molar-refractivity contribution in [2.45, 2.75) is 19.4 Å². The molecular weight excluding hydrogens is 481 g/mol. The van der Waals surface area contributed by atoms with E-state index in [4.69, 9.17) is 4.74 Å². The van der Waals surface area contributed by atoms with E-state index in [0.717, 1.165) is 43.7 Å². The zero-order valence-electron chi connectivity index (χ0n) is 22.4. The van der Waals surface area contributed by atoms with Crippen molar-refractivity contribution in [3.63, 3.8) is 0 Å². The Kier molecular flexibility index (Phi) is 9.26. The number of likely N-dealkylation sites (tertiary alicyclic amines) is 1. The summed E-state index contributed by atoms with van der Waals surface area (Å²) < 4.78 is 18.8. The molecule has 0 N–H and O–H groups in total. The number of hydrogen-bond acceptors (Lipinski definition) is 5. The zero-order valence-corrected chi connectivity index (χ0v) is 22.4.